The molecule has 0 radical (unpaired) electrons. The molecular formula is C14H24N4O. The van der Waals surface area contributed by atoms with Crippen molar-refractivity contribution in [1.29, 1.82) is 0 Å². The number of β-amino-alcohol motifs (C(OH)–C–C–N with tert-alkyl or cyclic N) is 1. The van der Waals surface area contributed by atoms with E-state index in [4.69, 9.17) is 10.2 Å². The fourth-order valence-electron chi connectivity index (χ4n) is 3.29. The van der Waals surface area contributed by atoms with Crippen molar-refractivity contribution in [2.45, 2.75) is 38.9 Å². The van der Waals surface area contributed by atoms with E-state index < -0.39 is 0 Å². The van der Waals surface area contributed by atoms with Crippen LogP contribution in [0.2, 0.25) is 0 Å². The first kappa shape index (κ1) is 13.1. The number of aliphatic hydroxyl groups is 1. The van der Waals surface area contributed by atoms with Crippen LogP contribution in [-0.4, -0.2) is 50.9 Å². The maximum absolute atomic E-state index is 9.07. The van der Waals surface area contributed by atoms with Crippen molar-refractivity contribution in [3.8, 4) is 0 Å². The molecule has 106 valence electrons. The van der Waals surface area contributed by atoms with Crippen LogP contribution in [0.25, 0.3) is 0 Å². The Labute approximate surface area is 114 Å². The highest BCUT2D eigenvalue weighted by Gasteiger charge is 2.27. The van der Waals surface area contributed by atoms with Crippen LogP contribution in [0, 0.1) is 0 Å². The molecule has 2 aliphatic heterocycles. The lowest BCUT2D eigenvalue weighted by atomic mass is 10.1. The lowest BCUT2D eigenvalue weighted by molar-refractivity contribution is 0.192. The van der Waals surface area contributed by atoms with E-state index in [0.29, 0.717) is 0 Å². The van der Waals surface area contributed by atoms with Gasteiger partial charge in [-0.2, -0.15) is 5.10 Å². The summed E-state index contributed by atoms with van der Waals surface area (Å²) in [5.41, 5.74) is 3.99. The van der Waals surface area contributed by atoms with Crippen LogP contribution in [0.5, 0.6) is 0 Å². The Hall–Kier alpha value is -0.910. The summed E-state index contributed by atoms with van der Waals surface area (Å²) in [4.78, 5) is 4.83. The number of piperidine rings is 1. The minimum Gasteiger partial charge on any atom is -0.395 e. The molecule has 5 nitrogen and oxygen atoms in total. The minimum atomic E-state index is 0.239. The van der Waals surface area contributed by atoms with Crippen LogP contribution in [0.15, 0.2) is 0 Å². The van der Waals surface area contributed by atoms with Gasteiger partial charge < -0.3 is 5.11 Å². The highest BCUT2D eigenvalue weighted by atomic mass is 16.3. The van der Waals surface area contributed by atoms with E-state index in [1.165, 1.54) is 49.3 Å². The first-order valence-corrected chi connectivity index (χ1v) is 7.37. The summed E-state index contributed by atoms with van der Waals surface area (Å²) in [5, 5.41) is 13.8. The summed E-state index contributed by atoms with van der Waals surface area (Å²) in [6.07, 6.45) is 4.03. The molecule has 0 saturated carbocycles. The monoisotopic (exact) mass is 264 g/mol. The number of nitrogens with zero attached hydrogens (tertiary/aromatic N) is 4. The maximum atomic E-state index is 9.07. The van der Waals surface area contributed by atoms with E-state index in [9.17, 15) is 0 Å². The SMILES string of the molecule is Cn1nc(CN2CCCCC2)c2c1CN(CCO)C2. The first-order valence-electron chi connectivity index (χ1n) is 7.37. The number of aryl methyl sites for hydroxylation is 1. The Kier molecular flexibility index (Phi) is 3.86. The second kappa shape index (κ2) is 5.61. The Balaban J connectivity index is 1.71. The average molecular weight is 264 g/mol. The topological polar surface area (TPSA) is 44.5 Å². The van der Waals surface area contributed by atoms with Crippen LogP contribution in [0.4, 0.5) is 0 Å². The Morgan fingerprint density at radius 1 is 1.11 bits per heavy atom. The molecule has 1 fully saturated rings. The lowest BCUT2D eigenvalue weighted by Crippen LogP contribution is -2.30. The van der Waals surface area contributed by atoms with E-state index in [1.54, 1.807) is 0 Å². The van der Waals surface area contributed by atoms with Gasteiger partial charge >= 0.3 is 0 Å². The molecule has 1 N–H and O–H groups in total. The molecule has 0 unspecified atom stereocenters. The zero-order chi connectivity index (χ0) is 13.2. The summed E-state index contributed by atoms with van der Waals surface area (Å²) >= 11 is 0. The van der Waals surface area contributed by atoms with Gasteiger partial charge in [-0.25, -0.2) is 0 Å². The number of aliphatic hydroxyl groups excluding tert-OH is 1. The molecule has 5 heteroatoms. The smallest absolute Gasteiger partial charge is 0.0813 e. The lowest BCUT2D eigenvalue weighted by Gasteiger charge is -2.25. The molecule has 0 aliphatic carbocycles. The van der Waals surface area contributed by atoms with Crippen molar-refractivity contribution in [2.75, 3.05) is 26.2 Å². The molecule has 1 saturated heterocycles. The fourth-order valence-corrected chi connectivity index (χ4v) is 3.29. The van der Waals surface area contributed by atoms with Gasteiger partial charge in [0.15, 0.2) is 0 Å². The van der Waals surface area contributed by atoms with Gasteiger partial charge in [-0.05, 0) is 25.9 Å². The van der Waals surface area contributed by atoms with Crippen molar-refractivity contribution in [3.63, 3.8) is 0 Å². The largest absolute Gasteiger partial charge is 0.395 e. The number of hydrogen-bond acceptors (Lipinski definition) is 4. The molecule has 3 heterocycles. The second-order valence-electron chi connectivity index (χ2n) is 5.77. The van der Waals surface area contributed by atoms with Crippen molar-refractivity contribution < 1.29 is 5.11 Å². The van der Waals surface area contributed by atoms with Crippen LogP contribution in [0.1, 0.15) is 36.2 Å². The van der Waals surface area contributed by atoms with Crippen molar-refractivity contribution in [1.82, 2.24) is 19.6 Å². The standard InChI is InChI=1S/C14H24N4O/c1-16-14-11-18(7-8-19)9-12(14)13(15-16)10-17-5-3-2-4-6-17/h19H,2-11H2,1H3. The molecule has 0 spiro atoms. The predicted molar refractivity (Wildman–Crippen MR) is 73.5 cm³/mol. The van der Waals surface area contributed by atoms with Gasteiger partial charge in [0.25, 0.3) is 0 Å². The number of hydrogen-bond donors (Lipinski definition) is 1. The van der Waals surface area contributed by atoms with E-state index in [0.717, 1.165) is 26.2 Å². The summed E-state index contributed by atoms with van der Waals surface area (Å²) in [5.74, 6) is 0. The number of likely N-dealkylation sites (tertiary alicyclic amines) is 1. The second-order valence-corrected chi connectivity index (χ2v) is 5.77. The highest BCUT2D eigenvalue weighted by molar-refractivity contribution is 5.30. The quantitative estimate of drug-likeness (QED) is 0.870. The van der Waals surface area contributed by atoms with E-state index >= 15 is 0 Å². The van der Waals surface area contributed by atoms with Gasteiger partial charge in [-0.15, -0.1) is 0 Å². The van der Waals surface area contributed by atoms with Crippen LogP contribution >= 0.6 is 0 Å². The summed E-state index contributed by atoms with van der Waals surface area (Å²) in [6, 6.07) is 0. The van der Waals surface area contributed by atoms with Crippen LogP contribution in [0.3, 0.4) is 0 Å². The molecule has 0 bridgehead atoms. The van der Waals surface area contributed by atoms with Crippen LogP contribution in [-0.2, 0) is 26.7 Å². The molecule has 2 aliphatic rings. The molecule has 0 aromatic carbocycles. The summed E-state index contributed by atoms with van der Waals surface area (Å²) < 4.78 is 2.03. The molecule has 0 amide bonds. The Morgan fingerprint density at radius 2 is 1.89 bits per heavy atom. The molecule has 3 rings (SSSR count). The van der Waals surface area contributed by atoms with E-state index in [1.807, 2.05) is 11.7 Å². The van der Waals surface area contributed by atoms with E-state index in [2.05, 4.69) is 9.80 Å². The van der Waals surface area contributed by atoms with Crippen molar-refractivity contribution >= 4 is 0 Å². The van der Waals surface area contributed by atoms with E-state index in [-0.39, 0.29) is 6.61 Å². The third-order valence-corrected chi connectivity index (χ3v) is 4.35. The van der Waals surface area contributed by atoms with Gasteiger partial charge in [0, 0.05) is 38.8 Å². The molecule has 19 heavy (non-hydrogen) atoms. The third kappa shape index (κ3) is 2.68. The third-order valence-electron chi connectivity index (χ3n) is 4.35. The first-order chi connectivity index (χ1) is 9.28. The number of rotatable bonds is 4. The molecule has 0 atom stereocenters. The molecule has 1 aromatic rings. The fraction of sp³-hybridized carbons (Fsp3) is 0.786. The van der Waals surface area contributed by atoms with Crippen molar-refractivity contribution in [2.24, 2.45) is 7.05 Å². The van der Waals surface area contributed by atoms with Crippen molar-refractivity contribution in [3.05, 3.63) is 17.0 Å². The van der Waals surface area contributed by atoms with Crippen LogP contribution < -0.4 is 0 Å². The Morgan fingerprint density at radius 3 is 2.63 bits per heavy atom. The predicted octanol–water partition coefficient (Wildman–Crippen LogP) is 0.714. The maximum Gasteiger partial charge on any atom is 0.0813 e. The van der Waals surface area contributed by atoms with Gasteiger partial charge in [-0.3, -0.25) is 14.5 Å². The summed E-state index contributed by atoms with van der Waals surface area (Å²) in [7, 11) is 2.04. The normalized spacial score (nSPS) is 20.9. The van der Waals surface area contributed by atoms with Gasteiger partial charge in [0.05, 0.1) is 18.0 Å². The van der Waals surface area contributed by atoms with Gasteiger partial charge in [0.1, 0.15) is 0 Å². The number of aromatic nitrogens is 2. The zero-order valence-corrected chi connectivity index (χ0v) is 11.8. The zero-order valence-electron chi connectivity index (χ0n) is 11.8. The molecular weight excluding hydrogens is 240 g/mol. The number of fused-ring (bicyclic) bond motifs is 1. The molecule has 1 aromatic heterocycles. The minimum absolute atomic E-state index is 0.239. The van der Waals surface area contributed by atoms with Gasteiger partial charge in [-0.1, -0.05) is 6.42 Å². The van der Waals surface area contributed by atoms with Gasteiger partial charge in [0.2, 0.25) is 0 Å². The Bertz CT molecular complexity index is 437. The highest BCUT2D eigenvalue weighted by Crippen LogP contribution is 2.26. The summed E-state index contributed by atoms with van der Waals surface area (Å²) in [6.45, 7) is 6.31. The average Bonchev–Trinajstić information content (AvgIpc) is 2.94.